The maximum absolute atomic E-state index is 12.4. The summed E-state index contributed by atoms with van der Waals surface area (Å²) >= 11 is 13.2. The van der Waals surface area contributed by atoms with Crippen molar-refractivity contribution >= 4 is 46.4 Å². The van der Waals surface area contributed by atoms with E-state index in [-0.39, 0.29) is 11.8 Å². The molecule has 1 heterocycles. The highest BCUT2D eigenvalue weighted by atomic mass is 35.5. The Morgan fingerprint density at radius 2 is 2.00 bits per heavy atom. The van der Waals surface area contributed by atoms with Gasteiger partial charge in [0.05, 0.1) is 14.9 Å². The highest BCUT2D eigenvalue weighted by Crippen LogP contribution is 2.23. The van der Waals surface area contributed by atoms with Gasteiger partial charge >= 0.3 is 0 Å². The third-order valence-corrected chi connectivity index (χ3v) is 4.85. The first-order valence-corrected chi connectivity index (χ1v) is 8.55. The molecule has 1 unspecified atom stereocenters. The van der Waals surface area contributed by atoms with Crippen LogP contribution >= 0.6 is 34.5 Å². The lowest BCUT2D eigenvalue weighted by Crippen LogP contribution is -2.45. The van der Waals surface area contributed by atoms with Crippen LogP contribution in [0.25, 0.3) is 0 Å². The van der Waals surface area contributed by atoms with E-state index in [0.717, 1.165) is 5.56 Å². The van der Waals surface area contributed by atoms with Gasteiger partial charge in [0.25, 0.3) is 5.91 Å². The average Bonchev–Trinajstić information content (AvgIpc) is 3.04. The fraction of sp³-hybridized carbons (Fsp3) is 0.250. The van der Waals surface area contributed by atoms with Gasteiger partial charge in [-0.3, -0.25) is 9.59 Å². The van der Waals surface area contributed by atoms with Crippen LogP contribution in [0.2, 0.25) is 10.0 Å². The summed E-state index contributed by atoms with van der Waals surface area (Å²) in [5, 5.41) is 5.44. The zero-order chi connectivity index (χ0) is 17.0. The Morgan fingerprint density at radius 1 is 1.26 bits per heavy atom. The average molecular weight is 371 g/mol. The van der Waals surface area contributed by atoms with E-state index in [1.165, 1.54) is 11.3 Å². The molecule has 0 aliphatic carbocycles. The number of rotatable bonds is 5. The number of thiophene rings is 1. The van der Waals surface area contributed by atoms with Gasteiger partial charge in [0, 0.05) is 13.6 Å². The first kappa shape index (κ1) is 17.8. The molecule has 0 saturated heterocycles. The Morgan fingerprint density at radius 3 is 2.61 bits per heavy atom. The van der Waals surface area contributed by atoms with Crippen LogP contribution in [0.15, 0.2) is 35.7 Å². The zero-order valence-electron chi connectivity index (χ0n) is 12.7. The van der Waals surface area contributed by atoms with Gasteiger partial charge in [0.1, 0.15) is 6.04 Å². The van der Waals surface area contributed by atoms with E-state index >= 15 is 0 Å². The van der Waals surface area contributed by atoms with Crippen LogP contribution < -0.4 is 5.32 Å². The molecule has 2 aromatic rings. The van der Waals surface area contributed by atoms with Gasteiger partial charge < -0.3 is 10.2 Å². The Bertz CT molecular complexity index is 704. The van der Waals surface area contributed by atoms with Gasteiger partial charge in [0.2, 0.25) is 5.91 Å². The monoisotopic (exact) mass is 370 g/mol. The quantitative estimate of drug-likeness (QED) is 0.869. The van der Waals surface area contributed by atoms with Crippen molar-refractivity contribution in [2.24, 2.45) is 0 Å². The number of nitrogens with zero attached hydrogens (tertiary/aromatic N) is 1. The fourth-order valence-electron chi connectivity index (χ4n) is 2.06. The summed E-state index contributed by atoms with van der Waals surface area (Å²) in [5.74, 6) is -0.426. The Labute approximate surface area is 149 Å². The van der Waals surface area contributed by atoms with Crippen molar-refractivity contribution in [1.29, 1.82) is 0 Å². The fourth-order valence-corrected chi connectivity index (χ4v) is 3.01. The normalized spacial score (nSPS) is 11.8. The smallest absolute Gasteiger partial charge is 0.261 e. The molecule has 1 aromatic carbocycles. The van der Waals surface area contributed by atoms with E-state index in [9.17, 15) is 9.59 Å². The maximum atomic E-state index is 12.4. The molecular weight excluding hydrogens is 355 g/mol. The molecule has 1 atom stereocenters. The number of carbonyl (C=O) groups excluding carboxylic acids is 2. The number of nitrogens with one attached hydrogen (secondary N) is 1. The number of likely N-dealkylation sites (N-methyl/N-ethyl adjacent to an activating group) is 1. The minimum atomic E-state index is -0.614. The van der Waals surface area contributed by atoms with Crippen molar-refractivity contribution in [2.75, 3.05) is 7.05 Å². The van der Waals surface area contributed by atoms with Gasteiger partial charge in [-0.05, 0) is 36.1 Å². The number of hydrogen-bond donors (Lipinski definition) is 1. The minimum Gasteiger partial charge on any atom is -0.340 e. The summed E-state index contributed by atoms with van der Waals surface area (Å²) in [5.41, 5.74) is 0.868. The third-order valence-electron chi connectivity index (χ3n) is 3.24. The zero-order valence-corrected chi connectivity index (χ0v) is 15.0. The van der Waals surface area contributed by atoms with Crippen LogP contribution in [0.1, 0.15) is 22.2 Å². The van der Waals surface area contributed by atoms with E-state index in [2.05, 4.69) is 5.32 Å². The predicted octanol–water partition coefficient (Wildman–Crippen LogP) is 3.83. The number of halogens is 2. The van der Waals surface area contributed by atoms with Crippen LogP contribution in [0.5, 0.6) is 0 Å². The molecule has 7 heteroatoms. The van der Waals surface area contributed by atoms with Crippen molar-refractivity contribution in [2.45, 2.75) is 19.5 Å². The second kappa shape index (κ2) is 7.81. The molecule has 0 aliphatic heterocycles. The SMILES string of the molecule is CC(NC(=O)c1cccs1)C(=O)N(C)Cc1ccc(Cl)c(Cl)c1. The lowest BCUT2D eigenvalue weighted by atomic mass is 10.2. The molecule has 23 heavy (non-hydrogen) atoms. The molecule has 0 aliphatic rings. The summed E-state index contributed by atoms with van der Waals surface area (Å²) in [6.45, 7) is 2.05. The Balaban J connectivity index is 1.95. The highest BCUT2D eigenvalue weighted by Gasteiger charge is 2.20. The molecule has 4 nitrogen and oxygen atoms in total. The molecule has 0 saturated carbocycles. The van der Waals surface area contributed by atoms with Gasteiger partial charge in [-0.15, -0.1) is 11.3 Å². The Hall–Kier alpha value is -1.56. The molecule has 0 bridgehead atoms. The van der Waals surface area contributed by atoms with E-state index in [0.29, 0.717) is 21.5 Å². The molecule has 1 aromatic heterocycles. The van der Waals surface area contributed by atoms with Crippen molar-refractivity contribution in [3.05, 3.63) is 56.2 Å². The molecule has 1 N–H and O–H groups in total. The molecule has 122 valence electrons. The largest absolute Gasteiger partial charge is 0.340 e. The molecule has 2 amide bonds. The van der Waals surface area contributed by atoms with E-state index in [1.54, 1.807) is 43.1 Å². The number of carbonyl (C=O) groups is 2. The minimum absolute atomic E-state index is 0.180. The Kier molecular flexibility index (Phi) is 6.04. The summed E-state index contributed by atoms with van der Waals surface area (Å²) in [6, 6.07) is 8.13. The van der Waals surface area contributed by atoms with E-state index in [1.807, 2.05) is 11.4 Å². The van der Waals surface area contributed by atoms with Crippen molar-refractivity contribution < 1.29 is 9.59 Å². The second-order valence-electron chi connectivity index (χ2n) is 5.12. The van der Waals surface area contributed by atoms with Crippen LogP contribution in [0.4, 0.5) is 0 Å². The molecular formula is C16H16Cl2N2O2S. The van der Waals surface area contributed by atoms with Crippen molar-refractivity contribution in [1.82, 2.24) is 10.2 Å². The summed E-state index contributed by atoms with van der Waals surface area (Å²) in [6.07, 6.45) is 0. The second-order valence-corrected chi connectivity index (χ2v) is 6.88. The lowest BCUT2D eigenvalue weighted by molar-refractivity contribution is -0.132. The maximum Gasteiger partial charge on any atom is 0.261 e. The first-order chi connectivity index (χ1) is 10.9. The summed E-state index contributed by atoms with van der Waals surface area (Å²) in [7, 11) is 1.68. The van der Waals surface area contributed by atoms with Crippen LogP contribution in [0, 0.1) is 0 Å². The van der Waals surface area contributed by atoms with Crippen molar-refractivity contribution in [3.63, 3.8) is 0 Å². The number of hydrogen-bond acceptors (Lipinski definition) is 3. The number of benzene rings is 1. The molecule has 0 fully saturated rings. The standard InChI is InChI=1S/C16H16Cl2N2O2S/c1-10(19-15(21)14-4-3-7-23-14)16(22)20(2)9-11-5-6-12(17)13(18)8-11/h3-8,10H,9H2,1-2H3,(H,19,21). The van der Waals surface area contributed by atoms with Crippen LogP contribution in [-0.2, 0) is 11.3 Å². The lowest BCUT2D eigenvalue weighted by Gasteiger charge is -2.22. The van der Waals surface area contributed by atoms with Gasteiger partial charge in [0.15, 0.2) is 0 Å². The first-order valence-electron chi connectivity index (χ1n) is 6.91. The molecule has 0 radical (unpaired) electrons. The van der Waals surface area contributed by atoms with Crippen LogP contribution in [0.3, 0.4) is 0 Å². The van der Waals surface area contributed by atoms with Crippen molar-refractivity contribution in [3.8, 4) is 0 Å². The highest BCUT2D eigenvalue weighted by molar-refractivity contribution is 7.12. The summed E-state index contributed by atoms with van der Waals surface area (Å²) in [4.78, 5) is 26.5. The number of amides is 2. The van der Waals surface area contributed by atoms with Crippen LogP contribution in [-0.4, -0.2) is 29.8 Å². The van der Waals surface area contributed by atoms with Gasteiger partial charge in [-0.2, -0.15) is 0 Å². The van der Waals surface area contributed by atoms with Gasteiger partial charge in [-0.1, -0.05) is 35.3 Å². The topological polar surface area (TPSA) is 49.4 Å². The van der Waals surface area contributed by atoms with Gasteiger partial charge in [-0.25, -0.2) is 0 Å². The predicted molar refractivity (Wildman–Crippen MR) is 94.2 cm³/mol. The molecule has 2 rings (SSSR count). The van der Waals surface area contributed by atoms with E-state index in [4.69, 9.17) is 23.2 Å². The summed E-state index contributed by atoms with van der Waals surface area (Å²) < 4.78 is 0. The third kappa shape index (κ3) is 4.70. The van der Waals surface area contributed by atoms with E-state index < -0.39 is 6.04 Å². The molecule has 0 spiro atoms.